The van der Waals surface area contributed by atoms with Crippen molar-refractivity contribution in [1.29, 1.82) is 0 Å². The van der Waals surface area contributed by atoms with Crippen LogP contribution in [-0.4, -0.2) is 55.0 Å². The van der Waals surface area contributed by atoms with Crippen LogP contribution < -0.4 is 9.47 Å². The van der Waals surface area contributed by atoms with E-state index in [1.807, 2.05) is 43.0 Å². The molecule has 2 amide bonds. The lowest BCUT2D eigenvalue weighted by Crippen LogP contribution is -2.48. The fourth-order valence-electron chi connectivity index (χ4n) is 4.40. The summed E-state index contributed by atoms with van der Waals surface area (Å²) in [6.45, 7) is 5.57. The Morgan fingerprint density at radius 2 is 1.91 bits per heavy atom. The summed E-state index contributed by atoms with van der Waals surface area (Å²) in [4.78, 5) is 31.7. The molecule has 2 heterocycles. The summed E-state index contributed by atoms with van der Waals surface area (Å²) < 4.78 is 11.4. The average Bonchev–Trinajstić information content (AvgIpc) is 3.36. The van der Waals surface area contributed by atoms with Crippen LogP contribution in [0.4, 0.5) is 0 Å². The van der Waals surface area contributed by atoms with E-state index in [0.29, 0.717) is 31.0 Å². The van der Waals surface area contributed by atoms with Crippen LogP contribution in [0.3, 0.4) is 0 Å². The first-order valence-electron chi connectivity index (χ1n) is 12.0. The number of carbonyl (C=O) groups is 2. The number of carbonyl (C=O) groups excluding carboxylic acids is 2. The molecule has 35 heavy (non-hydrogen) atoms. The molecule has 3 aromatic rings. The third kappa shape index (κ3) is 5.85. The largest absolute Gasteiger partial charge is 0.497 e. The molecule has 1 aromatic heterocycles. The number of hydrogen-bond donors (Lipinski definition) is 0. The number of nitrogens with zero attached hydrogens (tertiary/aromatic N) is 2. The lowest BCUT2D eigenvalue weighted by atomic mass is 10.0. The summed E-state index contributed by atoms with van der Waals surface area (Å²) in [6, 6.07) is 16.9. The molecule has 0 radical (unpaired) electrons. The number of methoxy groups -OCH3 is 1. The highest BCUT2D eigenvalue weighted by Crippen LogP contribution is 2.34. The molecule has 0 spiro atoms. The molecule has 1 aliphatic heterocycles. The van der Waals surface area contributed by atoms with Crippen molar-refractivity contribution in [1.82, 2.24) is 9.80 Å². The quantitative estimate of drug-likeness (QED) is 0.416. The second-order valence-electron chi connectivity index (χ2n) is 8.73. The van der Waals surface area contributed by atoms with Gasteiger partial charge in [-0.1, -0.05) is 30.7 Å². The highest BCUT2D eigenvalue weighted by molar-refractivity contribution is 7.10. The lowest BCUT2D eigenvalue weighted by molar-refractivity contribution is -0.135. The van der Waals surface area contributed by atoms with Crippen LogP contribution >= 0.6 is 11.3 Å². The Balaban J connectivity index is 1.51. The molecule has 0 aliphatic carbocycles. The normalized spacial score (nSPS) is 14.8. The van der Waals surface area contributed by atoms with Gasteiger partial charge in [-0.05, 0) is 67.1 Å². The second-order valence-corrected chi connectivity index (χ2v) is 9.74. The van der Waals surface area contributed by atoms with E-state index in [2.05, 4.69) is 11.4 Å². The number of aryl methyl sites for hydroxylation is 1. The minimum absolute atomic E-state index is 0.0321. The monoisotopic (exact) mass is 492 g/mol. The van der Waals surface area contributed by atoms with E-state index in [1.54, 1.807) is 47.6 Å². The van der Waals surface area contributed by atoms with E-state index in [9.17, 15) is 9.59 Å². The summed E-state index contributed by atoms with van der Waals surface area (Å²) >= 11 is 1.72. The molecular formula is C28H32N2O4S. The first kappa shape index (κ1) is 24.8. The van der Waals surface area contributed by atoms with Gasteiger partial charge in [-0.15, -0.1) is 11.3 Å². The van der Waals surface area contributed by atoms with Crippen molar-refractivity contribution < 1.29 is 19.1 Å². The van der Waals surface area contributed by atoms with Crippen LogP contribution in [-0.2, 0) is 11.2 Å². The topological polar surface area (TPSA) is 59.1 Å². The Labute approximate surface area is 211 Å². The van der Waals surface area contributed by atoms with Gasteiger partial charge < -0.3 is 19.3 Å². The summed E-state index contributed by atoms with van der Waals surface area (Å²) in [5, 5.41) is 2.08. The molecule has 1 unspecified atom stereocenters. The highest BCUT2D eigenvalue weighted by Gasteiger charge is 2.33. The van der Waals surface area contributed by atoms with Crippen molar-refractivity contribution in [3.8, 4) is 11.5 Å². The molecule has 0 saturated heterocycles. The van der Waals surface area contributed by atoms with Gasteiger partial charge in [-0.25, -0.2) is 0 Å². The zero-order chi connectivity index (χ0) is 24.8. The molecule has 2 aromatic carbocycles. The molecular weight excluding hydrogens is 460 g/mol. The molecule has 0 fully saturated rings. The van der Waals surface area contributed by atoms with Gasteiger partial charge in [-0.2, -0.15) is 0 Å². The Morgan fingerprint density at radius 3 is 2.66 bits per heavy atom. The number of hydrogen-bond acceptors (Lipinski definition) is 5. The van der Waals surface area contributed by atoms with E-state index >= 15 is 0 Å². The Morgan fingerprint density at radius 1 is 1.11 bits per heavy atom. The molecule has 1 atom stereocenters. The zero-order valence-electron chi connectivity index (χ0n) is 20.5. The Kier molecular flexibility index (Phi) is 8.08. The van der Waals surface area contributed by atoms with Crippen molar-refractivity contribution in [2.75, 3.05) is 33.4 Å². The van der Waals surface area contributed by atoms with Crippen LogP contribution in [0, 0.1) is 6.92 Å². The third-order valence-corrected chi connectivity index (χ3v) is 7.26. The first-order chi connectivity index (χ1) is 17.0. The van der Waals surface area contributed by atoms with Crippen LogP contribution in [0.25, 0.3) is 0 Å². The number of benzene rings is 2. The standard InChI is InChI=1S/C28H32N2O4S/c1-4-14-29(28(32)21-6-5-7-23(17-21)33-3)18-27(31)30-15-12-26-24(13-16-35-26)25(30)19-34-22-10-8-20(2)9-11-22/h5-11,13,16-17,25H,4,12,14-15,18-19H2,1-3H3. The smallest absolute Gasteiger partial charge is 0.254 e. The van der Waals surface area contributed by atoms with E-state index in [0.717, 1.165) is 24.2 Å². The number of amides is 2. The maximum atomic E-state index is 13.6. The SMILES string of the molecule is CCCN(CC(=O)N1CCc2sccc2C1COc1ccc(C)cc1)C(=O)c1cccc(OC)c1. The summed E-state index contributed by atoms with van der Waals surface area (Å²) in [7, 11) is 1.57. The van der Waals surface area contributed by atoms with Gasteiger partial charge in [0.1, 0.15) is 24.7 Å². The van der Waals surface area contributed by atoms with E-state index in [1.165, 1.54) is 10.4 Å². The molecule has 1 aliphatic rings. The Hall–Kier alpha value is -3.32. The van der Waals surface area contributed by atoms with Crippen molar-refractivity contribution in [3.05, 3.63) is 81.5 Å². The van der Waals surface area contributed by atoms with E-state index in [4.69, 9.17) is 9.47 Å². The molecule has 0 N–H and O–H groups in total. The molecule has 0 saturated carbocycles. The highest BCUT2D eigenvalue weighted by atomic mass is 32.1. The van der Waals surface area contributed by atoms with E-state index in [-0.39, 0.29) is 24.4 Å². The summed E-state index contributed by atoms with van der Waals surface area (Å²) in [6.07, 6.45) is 1.58. The predicted octanol–water partition coefficient (Wildman–Crippen LogP) is 5.12. The molecule has 0 bridgehead atoms. The maximum absolute atomic E-state index is 13.6. The van der Waals surface area contributed by atoms with Gasteiger partial charge in [0.05, 0.1) is 13.2 Å². The predicted molar refractivity (Wildman–Crippen MR) is 138 cm³/mol. The van der Waals surface area contributed by atoms with Gasteiger partial charge in [0.2, 0.25) is 5.91 Å². The fraction of sp³-hybridized carbons (Fsp3) is 0.357. The van der Waals surface area contributed by atoms with Crippen LogP contribution in [0.2, 0.25) is 0 Å². The number of thiophene rings is 1. The second kappa shape index (κ2) is 11.4. The van der Waals surface area contributed by atoms with Crippen molar-refractivity contribution >= 4 is 23.2 Å². The third-order valence-electron chi connectivity index (χ3n) is 6.27. The van der Waals surface area contributed by atoms with Crippen molar-refractivity contribution in [2.24, 2.45) is 0 Å². The average molecular weight is 493 g/mol. The van der Waals surface area contributed by atoms with Crippen LogP contribution in [0.1, 0.15) is 45.7 Å². The molecule has 7 heteroatoms. The summed E-state index contributed by atoms with van der Waals surface area (Å²) in [5.41, 5.74) is 2.83. The van der Waals surface area contributed by atoms with Gasteiger partial charge in [-0.3, -0.25) is 9.59 Å². The molecule has 6 nitrogen and oxygen atoms in total. The molecule has 184 valence electrons. The van der Waals surface area contributed by atoms with Crippen molar-refractivity contribution in [3.63, 3.8) is 0 Å². The maximum Gasteiger partial charge on any atom is 0.254 e. The van der Waals surface area contributed by atoms with Gasteiger partial charge in [0.25, 0.3) is 5.91 Å². The van der Waals surface area contributed by atoms with Crippen molar-refractivity contribution in [2.45, 2.75) is 32.7 Å². The van der Waals surface area contributed by atoms with E-state index < -0.39 is 0 Å². The van der Waals surface area contributed by atoms with Gasteiger partial charge in [0, 0.05) is 23.5 Å². The zero-order valence-corrected chi connectivity index (χ0v) is 21.3. The first-order valence-corrected chi connectivity index (χ1v) is 12.9. The Bertz CT molecular complexity index is 1160. The molecule has 4 rings (SSSR count). The van der Waals surface area contributed by atoms with Gasteiger partial charge >= 0.3 is 0 Å². The van der Waals surface area contributed by atoms with Crippen LogP contribution in [0.5, 0.6) is 11.5 Å². The summed E-state index contributed by atoms with van der Waals surface area (Å²) in [5.74, 6) is 1.17. The fourth-order valence-corrected chi connectivity index (χ4v) is 5.33. The lowest BCUT2D eigenvalue weighted by Gasteiger charge is -2.37. The number of ether oxygens (including phenoxy) is 2. The minimum Gasteiger partial charge on any atom is -0.497 e. The minimum atomic E-state index is -0.186. The number of fused-ring (bicyclic) bond motifs is 1. The van der Waals surface area contributed by atoms with Crippen LogP contribution in [0.15, 0.2) is 60.0 Å². The number of rotatable bonds is 9. The van der Waals surface area contributed by atoms with Gasteiger partial charge in [0.15, 0.2) is 0 Å².